The first-order chi connectivity index (χ1) is 12.6. The van der Waals surface area contributed by atoms with Crippen LogP contribution in [0.3, 0.4) is 0 Å². The van der Waals surface area contributed by atoms with Gasteiger partial charge in [0.25, 0.3) is 5.91 Å². The third-order valence-electron chi connectivity index (χ3n) is 4.27. The van der Waals surface area contributed by atoms with Gasteiger partial charge in [0.1, 0.15) is 17.2 Å². The Labute approximate surface area is 153 Å². The average molecular weight is 350 g/mol. The van der Waals surface area contributed by atoms with E-state index in [0.29, 0.717) is 18.0 Å². The Morgan fingerprint density at radius 3 is 2.46 bits per heavy atom. The second-order valence-electron chi connectivity index (χ2n) is 5.95. The molecule has 0 saturated heterocycles. The number of benzene rings is 2. The molecular weight excluding hydrogens is 328 g/mol. The standard InChI is InChI=1S/C21H22N2O3/c1-23-14-17(15-7-5-4-6-8-15)12-19(23)21(24)22-13-16-11-18(25-2)9-10-20(16)26-3/h4-12,14H,13H2,1-3H3,(H,22,24). The number of nitrogens with zero attached hydrogens (tertiary/aromatic N) is 1. The fraction of sp³-hybridized carbons (Fsp3) is 0.190. The van der Waals surface area contributed by atoms with E-state index < -0.39 is 0 Å². The Balaban J connectivity index is 1.76. The molecule has 2 aromatic carbocycles. The molecule has 134 valence electrons. The van der Waals surface area contributed by atoms with Gasteiger partial charge in [0.15, 0.2) is 0 Å². The number of hydrogen-bond acceptors (Lipinski definition) is 3. The van der Waals surface area contributed by atoms with Crippen LogP contribution in [0, 0.1) is 0 Å². The lowest BCUT2D eigenvalue weighted by molar-refractivity contribution is 0.0942. The van der Waals surface area contributed by atoms with Crippen LogP contribution in [0.4, 0.5) is 0 Å². The van der Waals surface area contributed by atoms with Gasteiger partial charge in [-0.15, -0.1) is 0 Å². The molecule has 0 bridgehead atoms. The molecule has 1 amide bonds. The third kappa shape index (κ3) is 3.72. The molecule has 0 unspecified atom stereocenters. The summed E-state index contributed by atoms with van der Waals surface area (Å²) in [6.07, 6.45) is 1.95. The summed E-state index contributed by atoms with van der Waals surface area (Å²) in [6.45, 7) is 0.352. The van der Waals surface area contributed by atoms with E-state index in [-0.39, 0.29) is 5.91 Å². The number of hydrogen-bond donors (Lipinski definition) is 1. The zero-order chi connectivity index (χ0) is 18.5. The van der Waals surface area contributed by atoms with E-state index in [1.807, 2.05) is 72.4 Å². The summed E-state index contributed by atoms with van der Waals surface area (Å²) in [5.74, 6) is 1.29. The van der Waals surface area contributed by atoms with Crippen LogP contribution in [0.2, 0.25) is 0 Å². The highest BCUT2D eigenvalue weighted by Gasteiger charge is 2.14. The van der Waals surface area contributed by atoms with Crippen molar-refractivity contribution in [3.63, 3.8) is 0 Å². The van der Waals surface area contributed by atoms with Gasteiger partial charge in [0.2, 0.25) is 0 Å². The number of aromatic nitrogens is 1. The molecule has 0 atom stereocenters. The van der Waals surface area contributed by atoms with Gasteiger partial charge in [-0.25, -0.2) is 0 Å². The lowest BCUT2D eigenvalue weighted by Gasteiger charge is -2.11. The van der Waals surface area contributed by atoms with Gasteiger partial charge in [0, 0.05) is 30.9 Å². The molecule has 0 aliphatic rings. The van der Waals surface area contributed by atoms with Crippen molar-refractivity contribution in [2.75, 3.05) is 14.2 Å². The number of amides is 1. The molecule has 0 fully saturated rings. The number of ether oxygens (including phenoxy) is 2. The summed E-state index contributed by atoms with van der Waals surface area (Å²) in [7, 11) is 5.09. The molecule has 0 radical (unpaired) electrons. The van der Waals surface area contributed by atoms with E-state index in [4.69, 9.17) is 9.47 Å². The summed E-state index contributed by atoms with van der Waals surface area (Å²) in [6, 6.07) is 17.4. The van der Waals surface area contributed by atoms with Gasteiger partial charge in [-0.1, -0.05) is 30.3 Å². The van der Waals surface area contributed by atoms with Crippen molar-refractivity contribution in [3.05, 3.63) is 72.1 Å². The minimum atomic E-state index is -0.139. The molecule has 0 aliphatic heterocycles. The quantitative estimate of drug-likeness (QED) is 0.738. The molecule has 1 aromatic heterocycles. The van der Waals surface area contributed by atoms with Crippen molar-refractivity contribution < 1.29 is 14.3 Å². The smallest absolute Gasteiger partial charge is 0.268 e. The highest BCUT2D eigenvalue weighted by molar-refractivity contribution is 5.94. The summed E-state index contributed by atoms with van der Waals surface area (Å²) < 4.78 is 12.4. The van der Waals surface area contributed by atoms with Gasteiger partial charge < -0.3 is 19.4 Å². The van der Waals surface area contributed by atoms with Crippen molar-refractivity contribution in [1.82, 2.24) is 9.88 Å². The molecule has 26 heavy (non-hydrogen) atoms. The Bertz CT molecular complexity index is 901. The van der Waals surface area contributed by atoms with Crippen LogP contribution < -0.4 is 14.8 Å². The van der Waals surface area contributed by atoms with Crippen LogP contribution >= 0.6 is 0 Å². The lowest BCUT2D eigenvalue weighted by Crippen LogP contribution is -2.25. The molecule has 5 heteroatoms. The van der Waals surface area contributed by atoms with Gasteiger partial charge in [-0.2, -0.15) is 0 Å². The second-order valence-corrected chi connectivity index (χ2v) is 5.95. The zero-order valence-corrected chi connectivity index (χ0v) is 15.2. The van der Waals surface area contributed by atoms with E-state index in [0.717, 1.165) is 22.4 Å². The minimum Gasteiger partial charge on any atom is -0.497 e. The van der Waals surface area contributed by atoms with Crippen LogP contribution in [0.1, 0.15) is 16.1 Å². The summed E-state index contributed by atoms with van der Waals surface area (Å²) in [5.41, 5.74) is 3.55. The minimum absolute atomic E-state index is 0.139. The number of rotatable bonds is 6. The SMILES string of the molecule is COc1ccc(OC)c(CNC(=O)c2cc(-c3ccccc3)cn2C)c1. The van der Waals surface area contributed by atoms with Gasteiger partial charge >= 0.3 is 0 Å². The molecule has 3 aromatic rings. The molecule has 3 rings (SSSR count). The van der Waals surface area contributed by atoms with Crippen molar-refractivity contribution in [1.29, 1.82) is 0 Å². The largest absolute Gasteiger partial charge is 0.497 e. The molecular formula is C21H22N2O3. The Morgan fingerprint density at radius 1 is 1.00 bits per heavy atom. The molecule has 1 heterocycles. The van der Waals surface area contributed by atoms with Crippen molar-refractivity contribution in [2.45, 2.75) is 6.54 Å². The van der Waals surface area contributed by atoms with Gasteiger partial charge in [-0.05, 0) is 29.8 Å². The highest BCUT2D eigenvalue weighted by Crippen LogP contribution is 2.24. The molecule has 5 nitrogen and oxygen atoms in total. The van der Waals surface area contributed by atoms with E-state index in [9.17, 15) is 4.79 Å². The first-order valence-electron chi connectivity index (χ1n) is 8.33. The van der Waals surface area contributed by atoms with Crippen LogP contribution in [0.15, 0.2) is 60.8 Å². The van der Waals surface area contributed by atoms with E-state index in [1.165, 1.54) is 0 Å². The van der Waals surface area contributed by atoms with E-state index >= 15 is 0 Å². The second kappa shape index (κ2) is 7.78. The van der Waals surface area contributed by atoms with Crippen LogP contribution in [0.25, 0.3) is 11.1 Å². The van der Waals surface area contributed by atoms with Gasteiger partial charge in [0.05, 0.1) is 14.2 Å². The molecule has 0 spiro atoms. The maximum atomic E-state index is 12.6. The first-order valence-corrected chi connectivity index (χ1v) is 8.33. The van der Waals surface area contributed by atoms with Crippen molar-refractivity contribution in [3.8, 4) is 22.6 Å². The maximum absolute atomic E-state index is 12.6. The Morgan fingerprint density at radius 2 is 1.77 bits per heavy atom. The summed E-state index contributed by atoms with van der Waals surface area (Å²) >= 11 is 0. The van der Waals surface area contributed by atoms with Crippen LogP contribution in [0.5, 0.6) is 11.5 Å². The first kappa shape index (κ1) is 17.6. The normalized spacial score (nSPS) is 10.4. The van der Waals surface area contributed by atoms with Gasteiger partial charge in [-0.3, -0.25) is 4.79 Å². The maximum Gasteiger partial charge on any atom is 0.268 e. The number of carbonyl (C=O) groups is 1. The predicted octanol–water partition coefficient (Wildman–Crippen LogP) is 3.64. The molecule has 0 aliphatic carbocycles. The fourth-order valence-corrected chi connectivity index (χ4v) is 2.86. The van der Waals surface area contributed by atoms with Crippen molar-refractivity contribution in [2.24, 2.45) is 7.05 Å². The van der Waals surface area contributed by atoms with E-state index in [2.05, 4.69) is 5.32 Å². The number of methoxy groups -OCH3 is 2. The van der Waals surface area contributed by atoms with E-state index in [1.54, 1.807) is 14.2 Å². The monoisotopic (exact) mass is 350 g/mol. The van der Waals surface area contributed by atoms with Crippen LogP contribution in [-0.4, -0.2) is 24.7 Å². The summed E-state index contributed by atoms with van der Waals surface area (Å²) in [4.78, 5) is 12.6. The van der Waals surface area contributed by atoms with Crippen LogP contribution in [-0.2, 0) is 13.6 Å². The highest BCUT2D eigenvalue weighted by atomic mass is 16.5. The Hall–Kier alpha value is -3.21. The average Bonchev–Trinajstić information content (AvgIpc) is 3.08. The lowest BCUT2D eigenvalue weighted by atomic mass is 10.1. The number of carbonyl (C=O) groups excluding carboxylic acids is 1. The van der Waals surface area contributed by atoms with Crippen molar-refractivity contribution >= 4 is 5.91 Å². The zero-order valence-electron chi connectivity index (χ0n) is 15.2. The predicted molar refractivity (Wildman–Crippen MR) is 102 cm³/mol. The third-order valence-corrected chi connectivity index (χ3v) is 4.27. The Kier molecular flexibility index (Phi) is 5.27. The molecule has 0 saturated carbocycles. The summed E-state index contributed by atoms with van der Waals surface area (Å²) in [5, 5.41) is 2.95. The fourth-order valence-electron chi connectivity index (χ4n) is 2.86. The number of aryl methyl sites for hydroxylation is 1. The molecule has 1 N–H and O–H groups in total. The number of nitrogens with one attached hydrogen (secondary N) is 1. The topological polar surface area (TPSA) is 52.5 Å².